The topological polar surface area (TPSA) is 78.7 Å². The molecule has 1 saturated heterocycles. The summed E-state index contributed by atoms with van der Waals surface area (Å²) < 4.78 is 0. The Kier molecular flexibility index (Phi) is 5.20. The maximum Gasteiger partial charge on any atom is 0.294 e. The maximum absolute atomic E-state index is 11.6. The molecule has 1 fully saturated rings. The fourth-order valence-electron chi connectivity index (χ4n) is 2.33. The highest BCUT2D eigenvalue weighted by Crippen LogP contribution is 2.37. The van der Waals surface area contributed by atoms with Gasteiger partial charge in [0.2, 0.25) is 5.91 Å². The molecule has 2 rings (SSSR count). The van der Waals surface area contributed by atoms with Gasteiger partial charge in [0.25, 0.3) is 5.69 Å². The Morgan fingerprint density at radius 2 is 2.00 bits per heavy atom. The summed E-state index contributed by atoms with van der Waals surface area (Å²) in [6.45, 7) is 4.78. The van der Waals surface area contributed by atoms with Gasteiger partial charge < -0.3 is 15.1 Å². The van der Waals surface area contributed by atoms with Gasteiger partial charge in [0.15, 0.2) is 0 Å². The molecule has 0 atom stereocenters. The van der Waals surface area contributed by atoms with Gasteiger partial charge in [-0.3, -0.25) is 14.9 Å². The number of anilines is 2. The number of piperazine rings is 1. The van der Waals surface area contributed by atoms with E-state index < -0.39 is 4.92 Å². The number of carbonyl (C=O) groups excluding carboxylic acids is 1. The highest BCUT2D eigenvalue weighted by atomic mass is 35.5. The van der Waals surface area contributed by atoms with Crippen molar-refractivity contribution in [1.82, 2.24) is 4.90 Å². The molecule has 0 aliphatic carbocycles. The molecule has 7 nitrogen and oxygen atoms in total. The number of hydrogen-bond donors (Lipinski definition) is 1. The molecule has 0 radical (unpaired) electrons. The number of carbonyl (C=O) groups is 1. The average molecular weight is 327 g/mol. The number of nitrogens with one attached hydrogen (secondary N) is 1. The number of halogens is 1. The third kappa shape index (κ3) is 3.66. The molecule has 0 bridgehead atoms. The van der Waals surface area contributed by atoms with Crippen LogP contribution in [0.15, 0.2) is 12.1 Å². The second-order valence-corrected chi connectivity index (χ2v) is 5.68. The highest BCUT2D eigenvalue weighted by molar-refractivity contribution is 6.34. The molecule has 1 aliphatic rings. The third-order valence-corrected chi connectivity index (χ3v) is 4.01. The first-order valence-electron chi connectivity index (χ1n) is 7.13. The lowest BCUT2D eigenvalue weighted by Crippen LogP contribution is -2.44. The van der Waals surface area contributed by atoms with E-state index in [1.807, 2.05) is 11.9 Å². The zero-order valence-corrected chi connectivity index (χ0v) is 13.4. The van der Waals surface area contributed by atoms with E-state index in [0.717, 1.165) is 13.1 Å². The molecule has 0 spiro atoms. The van der Waals surface area contributed by atoms with Gasteiger partial charge in [-0.05, 0) is 13.1 Å². The quantitative estimate of drug-likeness (QED) is 0.678. The number of amides is 1. The van der Waals surface area contributed by atoms with E-state index in [2.05, 4.69) is 10.2 Å². The molecule has 22 heavy (non-hydrogen) atoms. The van der Waals surface area contributed by atoms with E-state index in [0.29, 0.717) is 30.9 Å². The second-order valence-electron chi connectivity index (χ2n) is 5.27. The Hall–Kier alpha value is -1.86. The van der Waals surface area contributed by atoms with Crippen LogP contribution in [0.2, 0.25) is 5.02 Å². The van der Waals surface area contributed by atoms with Crippen molar-refractivity contribution in [1.29, 1.82) is 0 Å². The van der Waals surface area contributed by atoms with E-state index in [1.165, 1.54) is 6.07 Å². The van der Waals surface area contributed by atoms with Crippen LogP contribution in [0.25, 0.3) is 0 Å². The fraction of sp³-hybridized carbons (Fsp3) is 0.500. The lowest BCUT2D eigenvalue weighted by Gasteiger charge is -2.33. The van der Waals surface area contributed by atoms with Crippen LogP contribution >= 0.6 is 11.6 Å². The summed E-state index contributed by atoms with van der Waals surface area (Å²) in [6.07, 6.45) is 0.317. The molecular formula is C14H19ClN4O3. The molecule has 1 N–H and O–H groups in total. The summed E-state index contributed by atoms with van der Waals surface area (Å²) in [5.41, 5.74) is 0.867. The number of hydrogen-bond acceptors (Lipinski definition) is 5. The molecule has 0 aromatic heterocycles. The first-order valence-corrected chi connectivity index (χ1v) is 7.51. The summed E-state index contributed by atoms with van der Waals surface area (Å²) in [5.74, 6) is -0.180. The van der Waals surface area contributed by atoms with Crippen molar-refractivity contribution < 1.29 is 9.72 Å². The third-order valence-electron chi connectivity index (χ3n) is 3.70. The van der Waals surface area contributed by atoms with Gasteiger partial charge in [-0.15, -0.1) is 0 Å². The predicted octanol–water partition coefficient (Wildman–Crippen LogP) is 2.35. The van der Waals surface area contributed by atoms with Gasteiger partial charge in [0.05, 0.1) is 15.6 Å². The number of nitro groups is 1. The first-order chi connectivity index (χ1) is 10.4. The average Bonchev–Trinajstić information content (AvgIpc) is 2.49. The summed E-state index contributed by atoms with van der Waals surface area (Å²) in [4.78, 5) is 26.5. The summed E-state index contributed by atoms with van der Waals surface area (Å²) in [6, 6.07) is 2.90. The van der Waals surface area contributed by atoms with Crippen molar-refractivity contribution in [3.8, 4) is 0 Å². The Bertz CT molecular complexity index is 586. The van der Waals surface area contributed by atoms with Gasteiger partial charge in [0, 0.05) is 38.7 Å². The van der Waals surface area contributed by atoms with Gasteiger partial charge in [-0.1, -0.05) is 18.5 Å². The minimum absolute atomic E-state index is 0.0379. The Morgan fingerprint density at radius 1 is 1.36 bits per heavy atom. The monoisotopic (exact) mass is 326 g/mol. The standard InChI is InChI=1S/C14H19ClN4O3/c1-3-14(20)16-11-9-12(13(19(21)22)8-10(11)15)18-6-4-17(2)5-7-18/h8-9H,3-7H2,1-2H3,(H,16,20). The Morgan fingerprint density at radius 3 is 2.55 bits per heavy atom. The van der Waals surface area contributed by atoms with Crippen LogP contribution in [0.1, 0.15) is 13.3 Å². The fourth-order valence-corrected chi connectivity index (χ4v) is 2.54. The zero-order chi connectivity index (χ0) is 16.3. The van der Waals surface area contributed by atoms with Crippen molar-refractivity contribution in [2.45, 2.75) is 13.3 Å². The molecular weight excluding hydrogens is 308 g/mol. The largest absolute Gasteiger partial charge is 0.363 e. The molecule has 1 aromatic rings. The van der Waals surface area contributed by atoms with E-state index in [-0.39, 0.29) is 16.6 Å². The van der Waals surface area contributed by atoms with Gasteiger partial charge >= 0.3 is 0 Å². The van der Waals surface area contributed by atoms with Crippen LogP contribution in [0.4, 0.5) is 17.1 Å². The van der Waals surface area contributed by atoms with Crippen LogP contribution in [0, 0.1) is 10.1 Å². The number of nitrogens with zero attached hydrogens (tertiary/aromatic N) is 3. The van der Waals surface area contributed by atoms with Crippen molar-refractivity contribution in [2.75, 3.05) is 43.4 Å². The number of rotatable bonds is 4. The van der Waals surface area contributed by atoms with Crippen LogP contribution in [-0.2, 0) is 4.79 Å². The molecule has 0 unspecified atom stereocenters. The van der Waals surface area contributed by atoms with E-state index in [9.17, 15) is 14.9 Å². The van der Waals surface area contributed by atoms with Crippen LogP contribution in [-0.4, -0.2) is 49.0 Å². The van der Waals surface area contributed by atoms with Crippen LogP contribution < -0.4 is 10.2 Å². The number of likely N-dealkylation sites (N-methyl/N-ethyl adjacent to an activating group) is 1. The predicted molar refractivity (Wildman–Crippen MR) is 86.7 cm³/mol. The summed E-state index contributed by atoms with van der Waals surface area (Å²) >= 11 is 6.06. The van der Waals surface area contributed by atoms with Gasteiger partial charge in [-0.2, -0.15) is 0 Å². The molecule has 1 aromatic carbocycles. The van der Waals surface area contributed by atoms with Crippen molar-refractivity contribution in [3.05, 3.63) is 27.3 Å². The van der Waals surface area contributed by atoms with Crippen LogP contribution in [0.5, 0.6) is 0 Å². The number of nitro benzene ring substituents is 1. The zero-order valence-electron chi connectivity index (χ0n) is 12.6. The Labute approximate surface area is 134 Å². The van der Waals surface area contributed by atoms with Crippen LogP contribution in [0.3, 0.4) is 0 Å². The van der Waals surface area contributed by atoms with Crippen molar-refractivity contribution in [2.24, 2.45) is 0 Å². The lowest BCUT2D eigenvalue weighted by atomic mass is 10.2. The van der Waals surface area contributed by atoms with Gasteiger partial charge in [-0.25, -0.2) is 0 Å². The van der Waals surface area contributed by atoms with Gasteiger partial charge in [0.1, 0.15) is 5.69 Å². The minimum Gasteiger partial charge on any atom is -0.363 e. The highest BCUT2D eigenvalue weighted by Gasteiger charge is 2.25. The second kappa shape index (κ2) is 6.93. The summed E-state index contributed by atoms with van der Waals surface area (Å²) in [7, 11) is 2.01. The van der Waals surface area contributed by atoms with E-state index >= 15 is 0 Å². The van der Waals surface area contributed by atoms with E-state index in [1.54, 1.807) is 13.0 Å². The molecule has 8 heteroatoms. The smallest absolute Gasteiger partial charge is 0.294 e. The summed E-state index contributed by atoms with van der Waals surface area (Å²) in [5, 5.41) is 14.1. The molecule has 1 heterocycles. The molecule has 120 valence electrons. The lowest BCUT2D eigenvalue weighted by molar-refractivity contribution is -0.384. The molecule has 1 amide bonds. The maximum atomic E-state index is 11.6. The first kappa shape index (κ1) is 16.5. The molecule has 1 aliphatic heterocycles. The minimum atomic E-state index is -0.440. The SMILES string of the molecule is CCC(=O)Nc1cc(N2CCN(C)CC2)c([N+](=O)[O-])cc1Cl. The van der Waals surface area contributed by atoms with E-state index in [4.69, 9.17) is 11.6 Å². The number of benzene rings is 1. The molecule has 0 saturated carbocycles. The Balaban J connectivity index is 2.38. The van der Waals surface area contributed by atoms with Crippen molar-refractivity contribution in [3.63, 3.8) is 0 Å². The normalized spacial score (nSPS) is 15.7. The van der Waals surface area contributed by atoms with Crippen molar-refractivity contribution >= 4 is 34.6 Å².